The van der Waals surface area contributed by atoms with Crippen molar-refractivity contribution in [2.75, 3.05) is 27.2 Å². The van der Waals surface area contributed by atoms with E-state index in [2.05, 4.69) is 56.6 Å². The van der Waals surface area contributed by atoms with Gasteiger partial charge in [0, 0.05) is 44.7 Å². The van der Waals surface area contributed by atoms with Crippen LogP contribution in [-0.2, 0) is 0 Å². The second-order valence-electron chi connectivity index (χ2n) is 7.20. The maximum atomic E-state index is 13.2. The zero-order chi connectivity index (χ0) is 22.4. The monoisotopic (exact) mass is 419 g/mol. The first-order chi connectivity index (χ1) is 14.9. The van der Waals surface area contributed by atoms with Crippen molar-refractivity contribution in [2.45, 2.75) is 6.42 Å². The molecule has 7 nitrogen and oxygen atoms in total. The first-order valence-corrected chi connectivity index (χ1v) is 9.90. The van der Waals surface area contributed by atoms with Gasteiger partial charge in [-0.1, -0.05) is 12.6 Å². The van der Waals surface area contributed by atoms with Gasteiger partial charge < -0.3 is 10.2 Å². The first-order valence-electron chi connectivity index (χ1n) is 9.90. The number of pyridine rings is 1. The van der Waals surface area contributed by atoms with Gasteiger partial charge >= 0.3 is 0 Å². The Kier molecular flexibility index (Phi) is 7.02. The van der Waals surface area contributed by atoms with Gasteiger partial charge in [0.1, 0.15) is 5.70 Å². The van der Waals surface area contributed by atoms with E-state index in [4.69, 9.17) is 5.41 Å². The quantitative estimate of drug-likeness (QED) is 0.633. The van der Waals surface area contributed by atoms with Crippen molar-refractivity contribution in [3.05, 3.63) is 71.5 Å². The maximum Gasteiger partial charge on any atom is 0.232 e. The van der Waals surface area contributed by atoms with Gasteiger partial charge in [0.2, 0.25) is 5.97 Å². The molecule has 0 aliphatic carbocycles. The second kappa shape index (κ2) is 9.88. The van der Waals surface area contributed by atoms with Crippen molar-refractivity contribution in [1.29, 1.82) is 5.41 Å². The molecule has 1 saturated heterocycles. The normalized spacial score (nSPS) is 19.6. The summed E-state index contributed by atoms with van der Waals surface area (Å²) in [6, 6.07) is 5.60. The first kappa shape index (κ1) is 22.0. The SMILES string of the molecule is C=N\C(=C/C=N/C(=C/NC)C(=N)F)c1cccc(C2=NCC([C@@H]3CCN(C)C3=C)=C2)n1. The molecule has 1 atom stereocenters. The Bertz CT molecular complexity index is 1050. The van der Waals surface area contributed by atoms with E-state index in [0.29, 0.717) is 23.9 Å². The van der Waals surface area contributed by atoms with Crippen LogP contribution in [0.2, 0.25) is 0 Å². The number of nitrogens with one attached hydrogen (secondary N) is 2. The highest BCUT2D eigenvalue weighted by Gasteiger charge is 2.28. The van der Waals surface area contributed by atoms with E-state index in [1.165, 1.54) is 18.0 Å². The highest BCUT2D eigenvalue weighted by molar-refractivity contribution is 6.09. The van der Waals surface area contributed by atoms with Crippen LogP contribution in [0.4, 0.5) is 4.39 Å². The molecule has 0 saturated carbocycles. The summed E-state index contributed by atoms with van der Waals surface area (Å²) in [4.78, 5) is 19.5. The Morgan fingerprint density at radius 2 is 2.23 bits per heavy atom. The molecule has 0 spiro atoms. The fourth-order valence-electron chi connectivity index (χ4n) is 3.53. The minimum Gasteiger partial charge on any atom is -0.392 e. The molecule has 160 valence electrons. The van der Waals surface area contributed by atoms with Crippen molar-refractivity contribution in [2.24, 2.45) is 20.9 Å². The molecule has 1 aromatic heterocycles. The Balaban J connectivity index is 1.81. The number of aromatic nitrogens is 1. The smallest absolute Gasteiger partial charge is 0.232 e. The summed E-state index contributed by atoms with van der Waals surface area (Å²) in [7, 11) is 3.67. The molecule has 8 heteroatoms. The predicted molar refractivity (Wildman–Crippen MR) is 126 cm³/mol. The summed E-state index contributed by atoms with van der Waals surface area (Å²) in [6.07, 6.45) is 7.40. The van der Waals surface area contributed by atoms with Gasteiger partial charge in [-0.3, -0.25) is 20.4 Å². The van der Waals surface area contributed by atoms with Gasteiger partial charge in [0.25, 0.3) is 0 Å². The van der Waals surface area contributed by atoms with Crippen molar-refractivity contribution in [3.8, 4) is 0 Å². The fraction of sp³-hybridized carbons (Fsp3) is 0.261. The fourth-order valence-corrected chi connectivity index (χ4v) is 3.53. The summed E-state index contributed by atoms with van der Waals surface area (Å²) in [5.41, 5.74) is 4.94. The summed E-state index contributed by atoms with van der Waals surface area (Å²) in [5, 5.41) is 9.74. The molecule has 3 rings (SSSR count). The average molecular weight is 420 g/mol. The Morgan fingerprint density at radius 1 is 1.42 bits per heavy atom. The summed E-state index contributed by atoms with van der Waals surface area (Å²) in [5.74, 6) is -0.796. The number of aliphatic imine (C=N–C) groups is 3. The molecule has 3 heterocycles. The van der Waals surface area contributed by atoms with Gasteiger partial charge in [-0.15, -0.1) is 0 Å². The highest BCUT2D eigenvalue weighted by Crippen LogP contribution is 2.33. The van der Waals surface area contributed by atoms with Gasteiger partial charge in [-0.2, -0.15) is 4.39 Å². The van der Waals surface area contributed by atoms with Crippen molar-refractivity contribution in [1.82, 2.24) is 15.2 Å². The van der Waals surface area contributed by atoms with E-state index in [9.17, 15) is 4.39 Å². The van der Waals surface area contributed by atoms with Crippen LogP contribution in [0.15, 0.2) is 75.1 Å². The van der Waals surface area contributed by atoms with Crippen LogP contribution in [0.25, 0.3) is 5.70 Å². The van der Waals surface area contributed by atoms with E-state index in [-0.39, 0.29) is 5.70 Å². The summed E-state index contributed by atoms with van der Waals surface area (Å²) >= 11 is 0. The summed E-state index contributed by atoms with van der Waals surface area (Å²) < 4.78 is 13.2. The molecule has 0 radical (unpaired) electrons. The van der Waals surface area contributed by atoms with Crippen molar-refractivity contribution >= 4 is 30.3 Å². The molecule has 31 heavy (non-hydrogen) atoms. The van der Waals surface area contributed by atoms with E-state index in [0.717, 1.165) is 30.1 Å². The molecule has 1 aromatic rings. The predicted octanol–water partition coefficient (Wildman–Crippen LogP) is 3.40. The number of nitrogens with zero attached hydrogens (tertiary/aromatic N) is 5. The van der Waals surface area contributed by atoms with E-state index >= 15 is 0 Å². The van der Waals surface area contributed by atoms with Gasteiger partial charge in [0.05, 0.1) is 29.3 Å². The standard InChI is InChI=1S/C23H26FN7/c1-15-17(9-11-31(15)4)16-12-21(29-13-16)20-7-5-6-19(30-20)18(27-3)8-10-28-22(14-26-2)23(24)25/h5-8,10,12,14,17,25-26H,1,3,9,11,13H2,2,4H3/b18-8-,22-14+,25-23?,28-10+/t17-/m1/s1. The molecule has 2 N–H and O–H groups in total. The molecular weight excluding hydrogens is 393 g/mol. The summed E-state index contributed by atoms with van der Waals surface area (Å²) in [6.45, 7) is 9.47. The number of allylic oxidation sites excluding steroid dienone is 4. The largest absolute Gasteiger partial charge is 0.392 e. The van der Waals surface area contributed by atoms with Crippen LogP contribution < -0.4 is 5.32 Å². The van der Waals surface area contributed by atoms with Crippen LogP contribution in [0.1, 0.15) is 17.8 Å². The molecule has 2 aliphatic heterocycles. The van der Waals surface area contributed by atoms with Crippen LogP contribution in [0, 0.1) is 11.3 Å². The number of hydrogen-bond acceptors (Lipinski definition) is 7. The molecule has 0 amide bonds. The molecule has 0 unspecified atom stereocenters. The van der Waals surface area contributed by atoms with Gasteiger partial charge in [0.15, 0.2) is 0 Å². The van der Waals surface area contributed by atoms with Crippen molar-refractivity contribution < 1.29 is 4.39 Å². The lowest BCUT2D eigenvalue weighted by molar-refractivity contribution is 0.480. The van der Waals surface area contributed by atoms with Crippen LogP contribution in [0.3, 0.4) is 0 Å². The zero-order valence-corrected chi connectivity index (χ0v) is 17.8. The number of likely N-dealkylation sites (tertiary alicyclic amines) is 1. The molecule has 1 fully saturated rings. The Morgan fingerprint density at radius 3 is 2.87 bits per heavy atom. The van der Waals surface area contributed by atoms with Crippen LogP contribution in [-0.4, -0.2) is 61.7 Å². The highest BCUT2D eigenvalue weighted by atomic mass is 19.1. The van der Waals surface area contributed by atoms with Gasteiger partial charge in [-0.05, 0) is 43.0 Å². The maximum absolute atomic E-state index is 13.2. The molecule has 2 aliphatic rings. The second-order valence-corrected chi connectivity index (χ2v) is 7.20. The minimum absolute atomic E-state index is 0.124. The Hall–Kier alpha value is -3.68. The van der Waals surface area contributed by atoms with Crippen LogP contribution >= 0.6 is 0 Å². The third kappa shape index (κ3) is 5.09. The molecule has 0 bridgehead atoms. The average Bonchev–Trinajstić information content (AvgIpc) is 3.37. The van der Waals surface area contributed by atoms with E-state index < -0.39 is 5.97 Å². The zero-order valence-electron chi connectivity index (χ0n) is 17.8. The molecule has 0 aromatic carbocycles. The number of halogens is 1. The Labute approximate surface area is 181 Å². The third-order valence-electron chi connectivity index (χ3n) is 5.24. The third-order valence-corrected chi connectivity index (χ3v) is 5.24. The lowest BCUT2D eigenvalue weighted by atomic mass is 9.95. The van der Waals surface area contributed by atoms with E-state index in [1.54, 1.807) is 13.1 Å². The lowest BCUT2D eigenvalue weighted by Gasteiger charge is -2.16. The number of rotatable bonds is 8. The van der Waals surface area contributed by atoms with E-state index in [1.807, 2.05) is 18.2 Å². The van der Waals surface area contributed by atoms with Gasteiger partial charge in [-0.25, -0.2) is 4.98 Å². The minimum atomic E-state index is -1.13. The number of hydrogen-bond donors (Lipinski definition) is 2. The van der Waals surface area contributed by atoms with Crippen LogP contribution in [0.5, 0.6) is 0 Å². The lowest BCUT2D eigenvalue weighted by Crippen LogP contribution is -2.12. The molecular formula is C23H26FN7. The topological polar surface area (TPSA) is 89.1 Å². The van der Waals surface area contributed by atoms with Crippen molar-refractivity contribution in [3.63, 3.8) is 0 Å².